The zero-order chi connectivity index (χ0) is 29.0. The SMILES string of the molecule is CN(Cc1ccc(C(F)(F)F)c(F)c1)[C@@H]1CN(C(=O)CN2CCN(CCC#N)CC2)C[C@@H]1c1ccc(Cl)c(Cl)c1. The molecule has 40 heavy (non-hydrogen) atoms. The Kier molecular flexibility index (Phi) is 9.96. The van der Waals surface area contributed by atoms with E-state index in [2.05, 4.69) is 15.9 Å². The Morgan fingerprint density at radius 3 is 2.38 bits per heavy atom. The standard InChI is InChI=1S/C28H31Cl2F4N5O/c1-36(15-19-3-5-22(25(31)13-19)28(32,33)34)26-17-39(16-21(26)20-4-6-23(29)24(30)14-20)27(40)18-38-11-9-37(10-12-38)8-2-7-35/h3-6,13-14,21,26H,2,8-12,15-18H2,1H3/t21-,26-/m1/s1. The van der Waals surface area contributed by atoms with Crippen LogP contribution >= 0.6 is 23.2 Å². The molecular formula is C28H31Cl2F4N5O. The molecule has 0 saturated carbocycles. The number of hydrogen-bond donors (Lipinski definition) is 0. The van der Waals surface area contributed by atoms with Gasteiger partial charge in [0.25, 0.3) is 0 Å². The molecule has 2 aromatic carbocycles. The molecule has 0 bridgehead atoms. The molecule has 2 aliphatic heterocycles. The van der Waals surface area contributed by atoms with Crippen LogP contribution in [-0.4, -0.2) is 91.0 Å². The molecule has 0 aliphatic carbocycles. The fourth-order valence-corrected chi connectivity index (χ4v) is 5.78. The van der Waals surface area contributed by atoms with Crippen LogP contribution in [0.3, 0.4) is 0 Å². The molecule has 216 valence electrons. The Morgan fingerprint density at radius 2 is 1.75 bits per heavy atom. The average Bonchev–Trinajstić information content (AvgIpc) is 3.35. The van der Waals surface area contributed by atoms with Crippen LogP contribution in [0.4, 0.5) is 17.6 Å². The first-order chi connectivity index (χ1) is 19.0. The van der Waals surface area contributed by atoms with E-state index >= 15 is 0 Å². The lowest BCUT2D eigenvalue weighted by atomic mass is 9.93. The maximum absolute atomic E-state index is 14.2. The highest BCUT2D eigenvalue weighted by molar-refractivity contribution is 6.42. The van der Waals surface area contributed by atoms with Gasteiger partial charge in [-0.25, -0.2) is 4.39 Å². The molecule has 0 unspecified atom stereocenters. The Hall–Kier alpha value is -2.42. The van der Waals surface area contributed by atoms with Crippen molar-refractivity contribution in [1.82, 2.24) is 19.6 Å². The number of carbonyl (C=O) groups is 1. The Labute approximate surface area is 241 Å². The van der Waals surface area contributed by atoms with Crippen LogP contribution in [0, 0.1) is 17.1 Å². The Morgan fingerprint density at radius 1 is 1.05 bits per heavy atom. The summed E-state index contributed by atoms with van der Waals surface area (Å²) < 4.78 is 53.3. The lowest BCUT2D eigenvalue weighted by molar-refractivity contribution is -0.140. The number of nitriles is 1. The molecule has 0 radical (unpaired) electrons. The highest BCUT2D eigenvalue weighted by Gasteiger charge is 2.39. The van der Waals surface area contributed by atoms with Crippen LogP contribution in [0.2, 0.25) is 10.0 Å². The van der Waals surface area contributed by atoms with Crippen LogP contribution in [0.25, 0.3) is 0 Å². The van der Waals surface area contributed by atoms with E-state index in [1.54, 1.807) is 12.1 Å². The van der Waals surface area contributed by atoms with E-state index in [0.717, 1.165) is 50.4 Å². The van der Waals surface area contributed by atoms with Crippen LogP contribution in [0.15, 0.2) is 36.4 Å². The van der Waals surface area contributed by atoms with Crippen molar-refractivity contribution in [3.8, 4) is 6.07 Å². The number of alkyl halides is 3. The summed E-state index contributed by atoms with van der Waals surface area (Å²) in [6, 6.07) is 10.3. The first-order valence-electron chi connectivity index (χ1n) is 13.1. The van der Waals surface area contributed by atoms with Crippen LogP contribution < -0.4 is 0 Å². The number of rotatable bonds is 8. The summed E-state index contributed by atoms with van der Waals surface area (Å²) in [4.78, 5) is 21.5. The Bertz CT molecular complexity index is 1250. The van der Waals surface area contributed by atoms with Gasteiger partial charge in [0, 0.05) is 70.7 Å². The number of nitrogens with zero attached hydrogens (tertiary/aromatic N) is 5. The number of likely N-dealkylation sites (N-methyl/N-ethyl adjacent to an activating group) is 1. The van der Waals surface area contributed by atoms with E-state index in [9.17, 15) is 22.4 Å². The first kappa shape index (κ1) is 30.5. The van der Waals surface area contributed by atoms with Crippen LogP contribution in [0.5, 0.6) is 0 Å². The number of halogens is 6. The largest absolute Gasteiger partial charge is 0.419 e. The van der Waals surface area contributed by atoms with Gasteiger partial charge in [0.05, 0.1) is 28.2 Å². The summed E-state index contributed by atoms with van der Waals surface area (Å²) in [6.07, 6.45) is -4.28. The number of likely N-dealkylation sites (tertiary alicyclic amines) is 1. The molecule has 2 aliphatic rings. The molecular weight excluding hydrogens is 569 g/mol. The van der Waals surface area contributed by atoms with Gasteiger partial charge >= 0.3 is 6.18 Å². The number of carbonyl (C=O) groups excluding carboxylic acids is 1. The van der Waals surface area contributed by atoms with Gasteiger partial charge < -0.3 is 4.90 Å². The molecule has 2 saturated heterocycles. The number of amides is 1. The van der Waals surface area contributed by atoms with Gasteiger partial charge in [-0.2, -0.15) is 18.4 Å². The van der Waals surface area contributed by atoms with Gasteiger partial charge in [-0.15, -0.1) is 0 Å². The minimum Gasteiger partial charge on any atom is -0.339 e. The molecule has 2 heterocycles. The van der Waals surface area contributed by atoms with Crippen molar-refractivity contribution in [3.63, 3.8) is 0 Å². The quantitative estimate of drug-likeness (QED) is 0.395. The minimum absolute atomic E-state index is 0.00740. The third-order valence-corrected chi connectivity index (χ3v) is 8.45. The zero-order valence-corrected chi connectivity index (χ0v) is 23.6. The van der Waals surface area contributed by atoms with Gasteiger partial charge in [0.1, 0.15) is 5.82 Å². The maximum atomic E-state index is 14.2. The molecule has 12 heteroatoms. The van der Waals surface area contributed by atoms with Gasteiger partial charge in [-0.1, -0.05) is 35.3 Å². The van der Waals surface area contributed by atoms with E-state index in [-0.39, 0.29) is 31.0 Å². The predicted octanol–water partition coefficient (Wildman–Crippen LogP) is 5.11. The fraction of sp³-hybridized carbons (Fsp3) is 0.500. The van der Waals surface area contributed by atoms with Crippen molar-refractivity contribution in [3.05, 3.63) is 69.0 Å². The van der Waals surface area contributed by atoms with E-state index in [1.165, 1.54) is 6.07 Å². The van der Waals surface area contributed by atoms with E-state index in [0.29, 0.717) is 35.1 Å². The number of piperazine rings is 1. The van der Waals surface area contributed by atoms with Crippen molar-refractivity contribution in [2.45, 2.75) is 31.1 Å². The van der Waals surface area contributed by atoms with Gasteiger partial charge in [-0.3, -0.25) is 19.5 Å². The highest BCUT2D eigenvalue weighted by atomic mass is 35.5. The second kappa shape index (κ2) is 13.0. The van der Waals surface area contributed by atoms with Gasteiger partial charge in [0.2, 0.25) is 5.91 Å². The average molecular weight is 600 g/mol. The third-order valence-electron chi connectivity index (χ3n) is 7.71. The van der Waals surface area contributed by atoms with E-state index < -0.39 is 17.6 Å². The summed E-state index contributed by atoms with van der Waals surface area (Å²) in [7, 11) is 1.82. The van der Waals surface area contributed by atoms with E-state index in [1.807, 2.05) is 22.9 Å². The van der Waals surface area contributed by atoms with Crippen LogP contribution in [-0.2, 0) is 17.5 Å². The molecule has 2 atom stereocenters. The molecule has 6 nitrogen and oxygen atoms in total. The lowest BCUT2D eigenvalue weighted by Gasteiger charge is -2.34. The first-order valence-corrected chi connectivity index (χ1v) is 13.8. The number of hydrogen-bond acceptors (Lipinski definition) is 5. The molecule has 0 N–H and O–H groups in total. The monoisotopic (exact) mass is 599 g/mol. The number of benzene rings is 2. The van der Waals surface area contributed by atoms with Gasteiger partial charge in [0.15, 0.2) is 0 Å². The molecule has 0 aromatic heterocycles. The Balaban J connectivity index is 1.47. The second-order valence-corrected chi connectivity index (χ2v) is 11.2. The molecule has 0 spiro atoms. The molecule has 2 aromatic rings. The smallest absolute Gasteiger partial charge is 0.339 e. The second-order valence-electron chi connectivity index (χ2n) is 10.4. The predicted molar refractivity (Wildman–Crippen MR) is 146 cm³/mol. The van der Waals surface area contributed by atoms with Crippen molar-refractivity contribution in [1.29, 1.82) is 5.26 Å². The molecule has 4 rings (SSSR count). The third kappa shape index (κ3) is 7.45. The van der Waals surface area contributed by atoms with Crippen LogP contribution in [0.1, 0.15) is 29.0 Å². The topological polar surface area (TPSA) is 53.8 Å². The summed E-state index contributed by atoms with van der Waals surface area (Å²) in [5.41, 5.74) is 0.00214. The summed E-state index contributed by atoms with van der Waals surface area (Å²) >= 11 is 12.4. The van der Waals surface area contributed by atoms with E-state index in [4.69, 9.17) is 28.5 Å². The van der Waals surface area contributed by atoms with Crippen molar-refractivity contribution >= 4 is 29.1 Å². The molecule has 2 fully saturated rings. The lowest BCUT2D eigenvalue weighted by Crippen LogP contribution is -2.50. The van der Waals surface area contributed by atoms with Crippen molar-refractivity contribution in [2.24, 2.45) is 0 Å². The summed E-state index contributed by atoms with van der Waals surface area (Å²) in [6.45, 7) is 5.14. The normalized spacial score (nSPS) is 20.7. The molecule has 1 amide bonds. The summed E-state index contributed by atoms with van der Waals surface area (Å²) in [5, 5.41) is 9.61. The van der Waals surface area contributed by atoms with Crippen molar-refractivity contribution in [2.75, 3.05) is 59.4 Å². The maximum Gasteiger partial charge on any atom is 0.419 e. The fourth-order valence-electron chi connectivity index (χ4n) is 5.47. The minimum atomic E-state index is -4.76. The summed E-state index contributed by atoms with van der Waals surface area (Å²) in [5.74, 6) is -1.45. The van der Waals surface area contributed by atoms with Gasteiger partial charge in [-0.05, 0) is 42.4 Å². The zero-order valence-electron chi connectivity index (χ0n) is 22.1. The highest BCUT2D eigenvalue weighted by Crippen LogP contribution is 2.36. The van der Waals surface area contributed by atoms with Crippen molar-refractivity contribution < 1.29 is 22.4 Å².